The lowest BCUT2D eigenvalue weighted by atomic mass is 10.1. The number of hydrogen-bond acceptors (Lipinski definition) is 12. The fourth-order valence-corrected chi connectivity index (χ4v) is 4.94. The number of fused-ring (bicyclic) bond motifs is 1. The zero-order valence-corrected chi connectivity index (χ0v) is 28.4. The lowest BCUT2D eigenvalue weighted by molar-refractivity contribution is -0.148. The second-order valence-corrected chi connectivity index (χ2v) is 11.2. The fourth-order valence-electron chi connectivity index (χ4n) is 4.94. The van der Waals surface area contributed by atoms with Crippen LogP contribution < -0.4 is 4.74 Å². The second-order valence-electron chi connectivity index (χ2n) is 11.2. The van der Waals surface area contributed by atoms with E-state index in [1.165, 1.54) is 49.1 Å². The lowest BCUT2D eigenvalue weighted by Crippen LogP contribution is -2.27. The van der Waals surface area contributed by atoms with Gasteiger partial charge < -0.3 is 28.8 Å². The number of alkyl halides is 3. The average molecular weight is 747 g/mol. The smallest absolute Gasteiger partial charge is 0.417 e. The Bertz CT molecular complexity index is 1910. The molecular formula is C35H35F5N6O7. The minimum absolute atomic E-state index is 0.00444. The van der Waals surface area contributed by atoms with E-state index < -0.39 is 35.4 Å². The summed E-state index contributed by atoms with van der Waals surface area (Å²) in [5.41, 5.74) is -1.02. The molecule has 0 bridgehead atoms. The van der Waals surface area contributed by atoms with E-state index >= 15 is 0 Å². The molecule has 1 N–H and O–H groups in total. The number of ether oxygens (including phenoxy) is 5. The van der Waals surface area contributed by atoms with Crippen molar-refractivity contribution < 1.29 is 55.5 Å². The maximum atomic E-state index is 14.5. The van der Waals surface area contributed by atoms with E-state index in [-0.39, 0.29) is 91.7 Å². The third-order valence-electron chi connectivity index (χ3n) is 7.41. The maximum Gasteiger partial charge on any atom is 0.417 e. The number of halogens is 5. The van der Waals surface area contributed by atoms with Gasteiger partial charge in [-0.15, -0.1) is 0 Å². The summed E-state index contributed by atoms with van der Waals surface area (Å²) in [5.74, 6) is -3.40. The van der Waals surface area contributed by atoms with Crippen LogP contribution in [0.1, 0.15) is 30.5 Å². The van der Waals surface area contributed by atoms with Crippen molar-refractivity contribution in [1.82, 2.24) is 29.7 Å². The van der Waals surface area contributed by atoms with Crippen LogP contribution in [-0.4, -0.2) is 100 Å². The molecule has 2 aromatic carbocycles. The van der Waals surface area contributed by atoms with E-state index in [4.69, 9.17) is 28.8 Å². The van der Waals surface area contributed by atoms with Gasteiger partial charge in [0.05, 0.1) is 76.4 Å². The van der Waals surface area contributed by atoms with Crippen molar-refractivity contribution in [2.45, 2.75) is 25.6 Å². The molecule has 0 spiro atoms. The van der Waals surface area contributed by atoms with Gasteiger partial charge in [0, 0.05) is 23.5 Å². The van der Waals surface area contributed by atoms with Crippen molar-refractivity contribution in [2.75, 3.05) is 59.5 Å². The number of benzene rings is 2. The Labute approximate surface area is 300 Å². The molecule has 18 heteroatoms. The van der Waals surface area contributed by atoms with Gasteiger partial charge in [0.15, 0.2) is 29.3 Å². The first kappa shape index (κ1) is 39.0. The SMILES string of the molecule is CCCOc1ccc(-c2ncc(C(C(=O)OCCOCCOCCOCCO)n3cc4nc(-c5cccc(F)c5F)nc-4cn3)cn2)c(C(F)(F)F)c1. The van der Waals surface area contributed by atoms with E-state index in [0.717, 1.165) is 16.8 Å². The van der Waals surface area contributed by atoms with Gasteiger partial charge in [-0.1, -0.05) is 13.0 Å². The number of hydrogen-bond donors (Lipinski definition) is 1. The summed E-state index contributed by atoms with van der Waals surface area (Å²) in [4.78, 5) is 30.4. The molecule has 1 aromatic heterocycles. The van der Waals surface area contributed by atoms with Crippen LogP contribution in [0.5, 0.6) is 5.75 Å². The summed E-state index contributed by atoms with van der Waals surface area (Å²) in [6, 6.07) is 5.69. The normalized spacial score (nSPS) is 12.3. The molecule has 0 radical (unpaired) electrons. The molecule has 13 nitrogen and oxygen atoms in total. The largest absolute Gasteiger partial charge is 0.494 e. The number of carbonyl (C=O) groups excluding carboxylic acids is 1. The van der Waals surface area contributed by atoms with Gasteiger partial charge in [-0.05, 0) is 36.8 Å². The highest BCUT2D eigenvalue weighted by atomic mass is 19.4. The van der Waals surface area contributed by atoms with Gasteiger partial charge in [-0.25, -0.2) is 33.5 Å². The molecule has 3 aromatic rings. The predicted octanol–water partition coefficient (Wildman–Crippen LogP) is 5.16. The number of aliphatic hydroxyl groups is 1. The van der Waals surface area contributed by atoms with E-state index in [1.54, 1.807) is 0 Å². The number of rotatable bonds is 19. The molecule has 282 valence electrons. The molecule has 0 amide bonds. The number of esters is 1. The highest BCUT2D eigenvalue weighted by molar-refractivity contribution is 5.78. The zero-order valence-electron chi connectivity index (χ0n) is 28.4. The first-order valence-corrected chi connectivity index (χ1v) is 16.4. The van der Waals surface area contributed by atoms with E-state index in [1.807, 2.05) is 6.92 Å². The molecule has 2 aliphatic rings. The summed E-state index contributed by atoms with van der Waals surface area (Å²) >= 11 is 0. The average Bonchev–Trinajstić information content (AvgIpc) is 3.57. The van der Waals surface area contributed by atoms with Crippen molar-refractivity contribution in [2.24, 2.45) is 0 Å². The van der Waals surface area contributed by atoms with Crippen LogP contribution >= 0.6 is 0 Å². The van der Waals surface area contributed by atoms with Crippen LogP contribution in [0.4, 0.5) is 22.0 Å². The summed E-state index contributed by atoms with van der Waals surface area (Å²) in [6.45, 7) is 3.06. The first-order valence-electron chi connectivity index (χ1n) is 16.4. The molecule has 0 aliphatic carbocycles. The van der Waals surface area contributed by atoms with Gasteiger partial charge in [0.1, 0.15) is 23.7 Å². The molecule has 0 fully saturated rings. The monoisotopic (exact) mass is 746 g/mol. The standard InChI is InChI=1S/C35H35F5N6O7/c1-2-9-52-23-6-7-24(26(17-23)35(38,39)40)32-41-18-22(19-42-32)31(34(48)53-16-15-51-14-13-50-12-11-49-10-8-47)46-21-29-28(20-43-46)44-33(45-29)25-4-3-5-27(36)30(25)37/h3-7,17-21,31,47H,2,8-16H2,1H3. The molecule has 0 saturated carbocycles. The van der Waals surface area contributed by atoms with Crippen LogP contribution in [0.2, 0.25) is 0 Å². The third kappa shape index (κ3) is 10.2. The Morgan fingerprint density at radius 2 is 1.51 bits per heavy atom. The molecule has 2 aliphatic heterocycles. The zero-order chi connectivity index (χ0) is 37.8. The minimum atomic E-state index is -4.75. The number of nitrogens with zero attached hydrogens (tertiary/aromatic N) is 6. The first-order chi connectivity index (χ1) is 25.6. The lowest BCUT2D eigenvalue weighted by Gasteiger charge is -2.19. The molecule has 5 rings (SSSR count). The summed E-state index contributed by atoms with van der Waals surface area (Å²) in [5, 5.41) is 13.0. The fraction of sp³-hybridized carbons (Fsp3) is 0.371. The molecular weight excluding hydrogens is 711 g/mol. The van der Waals surface area contributed by atoms with Gasteiger partial charge in [-0.3, -0.25) is 4.68 Å². The quantitative estimate of drug-likeness (QED) is 0.0675. The summed E-state index contributed by atoms with van der Waals surface area (Å²) in [7, 11) is 0. The molecule has 53 heavy (non-hydrogen) atoms. The number of carbonyl (C=O) groups is 1. The number of aliphatic hydroxyl groups excluding tert-OH is 1. The Hall–Kier alpha value is -5.17. The second kappa shape index (κ2) is 18.5. The summed E-state index contributed by atoms with van der Waals surface area (Å²) < 4.78 is 98.6. The van der Waals surface area contributed by atoms with Crippen LogP contribution in [0.15, 0.2) is 61.2 Å². The topological polar surface area (TPSA) is 153 Å². The molecule has 0 saturated heterocycles. The van der Waals surface area contributed by atoms with Gasteiger partial charge >= 0.3 is 12.1 Å². The van der Waals surface area contributed by atoms with Crippen molar-refractivity contribution in [3.05, 3.63) is 83.9 Å². The number of aromatic nitrogens is 6. The highest BCUT2D eigenvalue weighted by Gasteiger charge is 2.35. The van der Waals surface area contributed by atoms with Crippen LogP contribution in [0, 0.1) is 11.6 Å². The van der Waals surface area contributed by atoms with Gasteiger partial charge in [0.2, 0.25) is 0 Å². The van der Waals surface area contributed by atoms with Crippen molar-refractivity contribution >= 4 is 5.97 Å². The third-order valence-corrected chi connectivity index (χ3v) is 7.41. The van der Waals surface area contributed by atoms with Gasteiger partial charge in [-0.2, -0.15) is 18.3 Å². The highest BCUT2D eigenvalue weighted by Crippen LogP contribution is 2.38. The Morgan fingerprint density at radius 1 is 0.830 bits per heavy atom. The van der Waals surface area contributed by atoms with Crippen LogP contribution in [0.3, 0.4) is 0 Å². The van der Waals surface area contributed by atoms with E-state index in [2.05, 4.69) is 25.0 Å². The van der Waals surface area contributed by atoms with E-state index in [0.29, 0.717) is 19.6 Å². The Morgan fingerprint density at radius 3 is 2.19 bits per heavy atom. The van der Waals surface area contributed by atoms with Crippen LogP contribution in [0.25, 0.3) is 34.2 Å². The van der Waals surface area contributed by atoms with Crippen LogP contribution in [-0.2, 0) is 29.9 Å². The van der Waals surface area contributed by atoms with Crippen molar-refractivity contribution in [3.63, 3.8) is 0 Å². The summed E-state index contributed by atoms with van der Waals surface area (Å²) in [6.07, 6.45) is 0.801. The molecule has 1 unspecified atom stereocenters. The minimum Gasteiger partial charge on any atom is -0.494 e. The van der Waals surface area contributed by atoms with Gasteiger partial charge in [0.25, 0.3) is 0 Å². The van der Waals surface area contributed by atoms with Crippen molar-refractivity contribution in [3.8, 4) is 39.9 Å². The number of imidazole rings is 1. The molecule has 3 heterocycles. The maximum absolute atomic E-state index is 14.5. The van der Waals surface area contributed by atoms with E-state index in [9.17, 15) is 26.7 Å². The Kier molecular flexibility index (Phi) is 13.7. The molecule has 1 atom stereocenters. The Balaban J connectivity index is 1.38. The van der Waals surface area contributed by atoms with Crippen molar-refractivity contribution in [1.29, 1.82) is 0 Å². The predicted molar refractivity (Wildman–Crippen MR) is 177 cm³/mol.